The molecule has 2 rings (SSSR count). The van der Waals surface area contributed by atoms with Gasteiger partial charge >= 0.3 is 0 Å². The molecule has 1 aromatic carbocycles. The van der Waals surface area contributed by atoms with Crippen molar-refractivity contribution in [1.29, 1.82) is 0 Å². The van der Waals surface area contributed by atoms with Gasteiger partial charge in [0.2, 0.25) is 0 Å². The van der Waals surface area contributed by atoms with E-state index in [0.717, 1.165) is 11.1 Å². The average molecular weight is 281 g/mol. The number of hydrogen-bond donors (Lipinski definition) is 1. The molecule has 0 aliphatic rings. The van der Waals surface area contributed by atoms with Crippen molar-refractivity contribution in [3.05, 3.63) is 52.2 Å². The van der Waals surface area contributed by atoms with Gasteiger partial charge in [-0.1, -0.05) is 12.1 Å². The zero-order chi connectivity index (χ0) is 13.2. The molecule has 1 aromatic heterocycles. The first-order chi connectivity index (χ1) is 8.52. The van der Waals surface area contributed by atoms with Gasteiger partial charge in [-0.2, -0.15) is 11.3 Å². The molecule has 0 fully saturated rings. The molecule has 0 radical (unpaired) electrons. The minimum Gasteiger partial charge on any atom is -0.309 e. The highest BCUT2D eigenvalue weighted by molar-refractivity contribution is 7.90. The van der Waals surface area contributed by atoms with Crippen LogP contribution in [-0.2, 0) is 9.84 Å². The number of sulfone groups is 1. The van der Waals surface area contributed by atoms with Crippen molar-refractivity contribution >= 4 is 21.2 Å². The summed E-state index contributed by atoms with van der Waals surface area (Å²) in [5.41, 5.74) is 2.10. The molecule has 0 aliphatic heterocycles. The first kappa shape index (κ1) is 13.3. The summed E-state index contributed by atoms with van der Waals surface area (Å²) in [5.74, 6) is 0. The Balaban J connectivity index is 2.44. The molecule has 5 heteroatoms. The molecule has 0 saturated carbocycles. The van der Waals surface area contributed by atoms with Crippen LogP contribution >= 0.6 is 11.3 Å². The summed E-state index contributed by atoms with van der Waals surface area (Å²) in [7, 11) is -1.29. The number of hydrogen-bond acceptors (Lipinski definition) is 4. The maximum absolute atomic E-state index is 11.6. The predicted octanol–water partition coefficient (Wildman–Crippen LogP) is 2.46. The molecule has 0 bridgehead atoms. The van der Waals surface area contributed by atoms with Crippen molar-refractivity contribution in [1.82, 2.24) is 5.32 Å². The van der Waals surface area contributed by atoms with Gasteiger partial charge < -0.3 is 5.32 Å². The van der Waals surface area contributed by atoms with E-state index >= 15 is 0 Å². The second kappa shape index (κ2) is 5.22. The van der Waals surface area contributed by atoms with Crippen molar-refractivity contribution in [3.63, 3.8) is 0 Å². The molecular formula is C13H15NO2S2. The summed E-state index contributed by atoms with van der Waals surface area (Å²) in [6.07, 6.45) is 1.23. The molecule has 0 spiro atoms. The van der Waals surface area contributed by atoms with E-state index in [1.165, 1.54) is 6.26 Å². The topological polar surface area (TPSA) is 46.2 Å². The summed E-state index contributed by atoms with van der Waals surface area (Å²) in [6.45, 7) is 0. The molecular weight excluding hydrogens is 266 g/mol. The maximum atomic E-state index is 11.6. The van der Waals surface area contributed by atoms with Crippen LogP contribution in [0.3, 0.4) is 0 Å². The first-order valence-corrected chi connectivity index (χ1v) is 8.35. The molecule has 1 heterocycles. The Morgan fingerprint density at radius 2 is 2.00 bits per heavy atom. The van der Waals surface area contributed by atoms with Crippen LogP contribution < -0.4 is 5.32 Å². The van der Waals surface area contributed by atoms with E-state index in [-0.39, 0.29) is 6.04 Å². The van der Waals surface area contributed by atoms with Crippen molar-refractivity contribution in [3.8, 4) is 0 Å². The highest BCUT2D eigenvalue weighted by Gasteiger charge is 2.15. The van der Waals surface area contributed by atoms with Crippen LogP contribution in [0, 0.1) is 0 Å². The standard InChI is InChI=1S/C13H15NO2S2/c1-14-13(11-6-7-17-9-11)10-4-3-5-12(8-10)18(2,15)16/h3-9,13-14H,1-2H3. The third kappa shape index (κ3) is 2.80. The fraction of sp³-hybridized carbons (Fsp3) is 0.231. The lowest BCUT2D eigenvalue weighted by Gasteiger charge is -2.16. The minimum absolute atomic E-state index is 0.0259. The van der Waals surface area contributed by atoms with E-state index in [1.807, 2.05) is 24.6 Å². The second-order valence-electron chi connectivity index (χ2n) is 4.12. The summed E-state index contributed by atoms with van der Waals surface area (Å²) in [4.78, 5) is 0.357. The summed E-state index contributed by atoms with van der Waals surface area (Å²) < 4.78 is 23.1. The summed E-state index contributed by atoms with van der Waals surface area (Å²) in [5, 5.41) is 7.29. The molecule has 18 heavy (non-hydrogen) atoms. The lowest BCUT2D eigenvalue weighted by molar-refractivity contribution is 0.601. The quantitative estimate of drug-likeness (QED) is 0.936. The van der Waals surface area contributed by atoms with Gasteiger partial charge in [-0.15, -0.1) is 0 Å². The SMILES string of the molecule is CNC(c1ccsc1)c1cccc(S(C)(=O)=O)c1. The molecule has 96 valence electrons. The molecule has 0 amide bonds. The van der Waals surface area contributed by atoms with E-state index in [0.29, 0.717) is 4.90 Å². The zero-order valence-corrected chi connectivity index (χ0v) is 11.9. The summed E-state index contributed by atoms with van der Waals surface area (Å²) >= 11 is 1.63. The third-order valence-electron chi connectivity index (χ3n) is 2.78. The fourth-order valence-corrected chi connectivity index (χ4v) is 3.25. The van der Waals surface area contributed by atoms with Gasteiger partial charge in [-0.3, -0.25) is 0 Å². The van der Waals surface area contributed by atoms with Gasteiger partial charge in [0, 0.05) is 6.26 Å². The molecule has 3 nitrogen and oxygen atoms in total. The van der Waals surface area contributed by atoms with Crippen molar-refractivity contribution in [2.75, 3.05) is 13.3 Å². The van der Waals surface area contributed by atoms with Gasteiger partial charge in [0.25, 0.3) is 0 Å². The zero-order valence-electron chi connectivity index (χ0n) is 10.3. The van der Waals surface area contributed by atoms with E-state index < -0.39 is 9.84 Å². The molecule has 1 atom stereocenters. The van der Waals surface area contributed by atoms with Gasteiger partial charge in [-0.25, -0.2) is 8.42 Å². The van der Waals surface area contributed by atoms with Gasteiger partial charge in [0.05, 0.1) is 10.9 Å². The van der Waals surface area contributed by atoms with Crippen LogP contribution in [0.25, 0.3) is 0 Å². The van der Waals surface area contributed by atoms with Crippen LogP contribution in [0.1, 0.15) is 17.2 Å². The van der Waals surface area contributed by atoms with Crippen LogP contribution in [0.2, 0.25) is 0 Å². The molecule has 2 aromatic rings. The Morgan fingerprint density at radius 1 is 1.22 bits per heavy atom. The Hall–Kier alpha value is -1.17. The smallest absolute Gasteiger partial charge is 0.175 e. The Bertz CT molecular complexity index is 618. The lowest BCUT2D eigenvalue weighted by Crippen LogP contribution is -2.17. The van der Waals surface area contributed by atoms with Crippen molar-refractivity contribution in [2.24, 2.45) is 0 Å². The third-order valence-corrected chi connectivity index (χ3v) is 4.60. The first-order valence-electron chi connectivity index (χ1n) is 5.52. The number of thiophene rings is 1. The second-order valence-corrected chi connectivity index (χ2v) is 6.92. The Kier molecular flexibility index (Phi) is 3.85. The van der Waals surface area contributed by atoms with Crippen LogP contribution in [-0.4, -0.2) is 21.7 Å². The monoisotopic (exact) mass is 281 g/mol. The fourth-order valence-electron chi connectivity index (χ4n) is 1.89. The molecule has 0 aliphatic carbocycles. The van der Waals surface area contributed by atoms with Crippen LogP contribution in [0.5, 0.6) is 0 Å². The highest BCUT2D eigenvalue weighted by atomic mass is 32.2. The molecule has 1 unspecified atom stereocenters. The maximum Gasteiger partial charge on any atom is 0.175 e. The number of nitrogens with one attached hydrogen (secondary N) is 1. The van der Waals surface area contributed by atoms with Crippen LogP contribution in [0.4, 0.5) is 0 Å². The van der Waals surface area contributed by atoms with Gasteiger partial charge in [-0.05, 0) is 47.1 Å². The molecule has 0 saturated heterocycles. The normalized spacial score (nSPS) is 13.4. The number of benzene rings is 1. The Labute approximate surface area is 111 Å². The minimum atomic E-state index is -3.16. The van der Waals surface area contributed by atoms with E-state index in [9.17, 15) is 8.42 Å². The van der Waals surface area contributed by atoms with E-state index in [1.54, 1.807) is 29.5 Å². The predicted molar refractivity (Wildman–Crippen MR) is 74.8 cm³/mol. The molecule has 1 N–H and O–H groups in total. The van der Waals surface area contributed by atoms with E-state index in [4.69, 9.17) is 0 Å². The lowest BCUT2D eigenvalue weighted by atomic mass is 10.0. The van der Waals surface area contributed by atoms with Gasteiger partial charge in [0.15, 0.2) is 9.84 Å². The van der Waals surface area contributed by atoms with Gasteiger partial charge in [0.1, 0.15) is 0 Å². The summed E-state index contributed by atoms with van der Waals surface area (Å²) in [6, 6.07) is 9.14. The average Bonchev–Trinajstić information content (AvgIpc) is 2.83. The van der Waals surface area contributed by atoms with Crippen LogP contribution in [0.15, 0.2) is 46.0 Å². The van der Waals surface area contributed by atoms with E-state index in [2.05, 4.69) is 10.7 Å². The number of rotatable bonds is 4. The highest BCUT2D eigenvalue weighted by Crippen LogP contribution is 2.25. The largest absolute Gasteiger partial charge is 0.309 e. The Morgan fingerprint density at radius 3 is 2.56 bits per heavy atom. The van der Waals surface area contributed by atoms with Crippen molar-refractivity contribution < 1.29 is 8.42 Å². The van der Waals surface area contributed by atoms with Crippen molar-refractivity contribution in [2.45, 2.75) is 10.9 Å².